The van der Waals surface area contributed by atoms with Crippen molar-refractivity contribution in [2.75, 3.05) is 20.8 Å². The molecule has 1 aromatic rings. The minimum absolute atomic E-state index is 0.0193. The van der Waals surface area contributed by atoms with E-state index in [0.717, 1.165) is 18.2 Å². The maximum Gasteiger partial charge on any atom is 0.191 e. The lowest BCUT2D eigenvalue weighted by atomic mass is 10.1. The van der Waals surface area contributed by atoms with Gasteiger partial charge in [0.05, 0.1) is 18.8 Å². The Morgan fingerprint density at radius 2 is 2.00 bits per heavy atom. The van der Waals surface area contributed by atoms with Gasteiger partial charge in [-0.25, -0.2) is 0 Å². The van der Waals surface area contributed by atoms with Crippen molar-refractivity contribution < 1.29 is 4.74 Å². The normalized spacial score (nSPS) is 12.6. The van der Waals surface area contributed by atoms with Crippen LogP contribution in [0.2, 0.25) is 0 Å². The predicted molar refractivity (Wildman–Crippen MR) is 86.7 cm³/mol. The van der Waals surface area contributed by atoms with Gasteiger partial charge in [0, 0.05) is 37.5 Å². The standard InChI is InChI=1S/C15H29N5O/c1-11-13(12(2)20(19-11)8-9-21-7)10-17-14(16-6)18-15(3,4)5/h8-10H2,1-7H3,(H2,16,17,18). The molecule has 0 bridgehead atoms. The average molecular weight is 295 g/mol. The molecule has 0 spiro atoms. The lowest BCUT2D eigenvalue weighted by molar-refractivity contribution is 0.182. The first-order valence-electron chi connectivity index (χ1n) is 7.29. The van der Waals surface area contributed by atoms with Crippen molar-refractivity contribution in [1.29, 1.82) is 0 Å². The number of methoxy groups -OCH3 is 1. The van der Waals surface area contributed by atoms with Crippen molar-refractivity contribution in [2.45, 2.75) is 53.2 Å². The highest BCUT2D eigenvalue weighted by Gasteiger charge is 2.14. The van der Waals surface area contributed by atoms with E-state index >= 15 is 0 Å². The van der Waals surface area contributed by atoms with Gasteiger partial charge in [-0.15, -0.1) is 0 Å². The molecule has 0 aliphatic carbocycles. The molecule has 0 radical (unpaired) electrons. The second-order valence-electron chi connectivity index (χ2n) is 6.17. The van der Waals surface area contributed by atoms with E-state index in [1.807, 2.05) is 11.6 Å². The Bertz CT molecular complexity index is 485. The number of aromatic nitrogens is 2. The van der Waals surface area contributed by atoms with Gasteiger partial charge in [-0.1, -0.05) is 0 Å². The van der Waals surface area contributed by atoms with Crippen molar-refractivity contribution in [3.8, 4) is 0 Å². The number of aliphatic imine (C=N–C) groups is 1. The molecule has 2 N–H and O–H groups in total. The van der Waals surface area contributed by atoms with Gasteiger partial charge < -0.3 is 15.4 Å². The third kappa shape index (κ3) is 5.38. The van der Waals surface area contributed by atoms with Gasteiger partial charge in [0.2, 0.25) is 0 Å². The maximum atomic E-state index is 5.11. The first-order chi connectivity index (χ1) is 9.78. The van der Waals surface area contributed by atoms with Crippen LogP contribution < -0.4 is 10.6 Å². The number of guanidine groups is 1. The molecule has 0 fully saturated rings. The number of rotatable bonds is 5. The number of nitrogens with one attached hydrogen (secondary N) is 2. The van der Waals surface area contributed by atoms with Crippen LogP contribution >= 0.6 is 0 Å². The second kappa shape index (κ2) is 7.45. The first kappa shape index (κ1) is 17.5. The zero-order chi connectivity index (χ0) is 16.0. The van der Waals surface area contributed by atoms with E-state index in [4.69, 9.17) is 4.74 Å². The SMILES string of the molecule is CN=C(NCc1c(C)nn(CCOC)c1C)NC(C)(C)C. The average Bonchev–Trinajstić information content (AvgIpc) is 2.66. The maximum absolute atomic E-state index is 5.11. The summed E-state index contributed by atoms with van der Waals surface area (Å²) >= 11 is 0. The lowest BCUT2D eigenvalue weighted by Gasteiger charge is -2.23. The number of nitrogens with zero attached hydrogens (tertiary/aromatic N) is 3. The van der Waals surface area contributed by atoms with Gasteiger partial charge >= 0.3 is 0 Å². The van der Waals surface area contributed by atoms with Gasteiger partial charge in [0.1, 0.15) is 0 Å². The molecule has 1 heterocycles. The van der Waals surface area contributed by atoms with Crippen LogP contribution in [0.1, 0.15) is 37.7 Å². The Morgan fingerprint density at radius 3 is 2.52 bits per heavy atom. The highest BCUT2D eigenvalue weighted by Crippen LogP contribution is 2.12. The Morgan fingerprint density at radius 1 is 1.33 bits per heavy atom. The van der Waals surface area contributed by atoms with E-state index in [-0.39, 0.29) is 5.54 Å². The van der Waals surface area contributed by atoms with Gasteiger partial charge in [-0.05, 0) is 34.6 Å². The molecule has 0 amide bonds. The first-order valence-corrected chi connectivity index (χ1v) is 7.29. The van der Waals surface area contributed by atoms with Crippen LogP contribution in [0.4, 0.5) is 0 Å². The molecular weight excluding hydrogens is 266 g/mol. The molecule has 6 heteroatoms. The summed E-state index contributed by atoms with van der Waals surface area (Å²) in [5.41, 5.74) is 3.41. The van der Waals surface area contributed by atoms with Crippen LogP contribution in [0.15, 0.2) is 4.99 Å². The molecule has 0 aliphatic rings. The topological polar surface area (TPSA) is 63.5 Å². The van der Waals surface area contributed by atoms with E-state index in [1.165, 1.54) is 11.3 Å². The summed E-state index contributed by atoms with van der Waals surface area (Å²) in [5, 5.41) is 11.3. The van der Waals surface area contributed by atoms with Gasteiger partial charge in [0.15, 0.2) is 5.96 Å². The monoisotopic (exact) mass is 295 g/mol. The van der Waals surface area contributed by atoms with Crippen LogP contribution in [-0.4, -0.2) is 42.0 Å². The van der Waals surface area contributed by atoms with Crippen molar-refractivity contribution in [3.05, 3.63) is 17.0 Å². The molecule has 120 valence electrons. The smallest absolute Gasteiger partial charge is 0.191 e. The largest absolute Gasteiger partial charge is 0.383 e. The highest BCUT2D eigenvalue weighted by atomic mass is 16.5. The summed E-state index contributed by atoms with van der Waals surface area (Å²) < 4.78 is 7.11. The molecule has 0 saturated carbocycles. The number of aryl methyl sites for hydroxylation is 1. The van der Waals surface area contributed by atoms with E-state index < -0.39 is 0 Å². The van der Waals surface area contributed by atoms with Crippen molar-refractivity contribution in [1.82, 2.24) is 20.4 Å². The minimum Gasteiger partial charge on any atom is -0.383 e. The Balaban J connectivity index is 2.73. The number of hydrogen-bond donors (Lipinski definition) is 2. The fourth-order valence-corrected chi connectivity index (χ4v) is 2.09. The molecular formula is C15H29N5O. The summed E-state index contributed by atoms with van der Waals surface area (Å²) in [7, 11) is 3.49. The van der Waals surface area contributed by atoms with E-state index in [1.54, 1.807) is 14.2 Å². The van der Waals surface area contributed by atoms with Gasteiger partial charge in [-0.3, -0.25) is 9.67 Å². The summed E-state index contributed by atoms with van der Waals surface area (Å²) in [6, 6.07) is 0. The van der Waals surface area contributed by atoms with E-state index in [0.29, 0.717) is 13.2 Å². The summed E-state index contributed by atoms with van der Waals surface area (Å²) in [6.45, 7) is 12.6. The molecule has 1 rings (SSSR count). The van der Waals surface area contributed by atoms with Crippen LogP contribution in [-0.2, 0) is 17.8 Å². The third-order valence-corrected chi connectivity index (χ3v) is 3.19. The fourth-order valence-electron chi connectivity index (χ4n) is 2.09. The van der Waals surface area contributed by atoms with E-state index in [2.05, 4.69) is 48.4 Å². The lowest BCUT2D eigenvalue weighted by Crippen LogP contribution is -2.47. The Hall–Kier alpha value is -1.56. The summed E-state index contributed by atoms with van der Waals surface area (Å²) in [6.07, 6.45) is 0. The minimum atomic E-state index is -0.0193. The molecule has 0 atom stereocenters. The van der Waals surface area contributed by atoms with Crippen LogP contribution in [0.3, 0.4) is 0 Å². The molecule has 1 aromatic heterocycles. The van der Waals surface area contributed by atoms with Crippen molar-refractivity contribution in [3.63, 3.8) is 0 Å². The number of hydrogen-bond acceptors (Lipinski definition) is 3. The number of ether oxygens (including phenoxy) is 1. The zero-order valence-corrected chi connectivity index (χ0v) is 14.4. The van der Waals surface area contributed by atoms with Crippen molar-refractivity contribution in [2.24, 2.45) is 4.99 Å². The summed E-state index contributed by atoms with van der Waals surface area (Å²) in [4.78, 5) is 4.25. The zero-order valence-electron chi connectivity index (χ0n) is 14.4. The molecule has 0 saturated heterocycles. The summed E-state index contributed by atoms with van der Waals surface area (Å²) in [5.74, 6) is 0.797. The quantitative estimate of drug-likeness (QED) is 0.640. The Labute approximate surface area is 128 Å². The molecule has 6 nitrogen and oxygen atoms in total. The molecule has 0 aromatic carbocycles. The van der Waals surface area contributed by atoms with E-state index in [9.17, 15) is 0 Å². The van der Waals surface area contributed by atoms with Gasteiger partial charge in [0.25, 0.3) is 0 Å². The second-order valence-corrected chi connectivity index (χ2v) is 6.17. The third-order valence-electron chi connectivity index (χ3n) is 3.19. The van der Waals surface area contributed by atoms with Crippen molar-refractivity contribution >= 4 is 5.96 Å². The Kier molecular flexibility index (Phi) is 6.20. The van der Waals surface area contributed by atoms with Crippen LogP contribution in [0, 0.1) is 13.8 Å². The fraction of sp³-hybridized carbons (Fsp3) is 0.733. The molecule has 0 aliphatic heterocycles. The predicted octanol–water partition coefficient (Wildman–Crippen LogP) is 1.61. The molecule has 0 unspecified atom stereocenters. The highest BCUT2D eigenvalue weighted by molar-refractivity contribution is 5.80. The van der Waals surface area contributed by atoms with Crippen LogP contribution in [0.5, 0.6) is 0 Å². The molecule has 21 heavy (non-hydrogen) atoms. The van der Waals surface area contributed by atoms with Gasteiger partial charge in [-0.2, -0.15) is 5.10 Å². The van der Waals surface area contributed by atoms with Crippen LogP contribution in [0.25, 0.3) is 0 Å².